The lowest BCUT2D eigenvalue weighted by atomic mass is 10.1. The van der Waals surface area contributed by atoms with E-state index >= 15 is 0 Å². The number of methoxy groups -OCH3 is 1. The minimum absolute atomic E-state index is 0.0797. The molecule has 0 aromatic heterocycles. The molecule has 0 aliphatic carbocycles. The summed E-state index contributed by atoms with van der Waals surface area (Å²) in [6, 6.07) is 3.07. The predicted molar refractivity (Wildman–Crippen MR) is 83.7 cm³/mol. The van der Waals surface area contributed by atoms with Crippen molar-refractivity contribution in [1.82, 2.24) is 5.32 Å². The molecule has 2 amide bonds. The van der Waals surface area contributed by atoms with E-state index in [1.807, 2.05) is 0 Å². The maximum Gasteiger partial charge on any atom is 0.416 e. The van der Waals surface area contributed by atoms with Crippen LogP contribution in [0.3, 0.4) is 0 Å². The minimum Gasteiger partial charge on any atom is -0.469 e. The van der Waals surface area contributed by atoms with Gasteiger partial charge in [-0.15, -0.1) is 0 Å². The highest BCUT2D eigenvalue weighted by Crippen LogP contribution is 2.33. The summed E-state index contributed by atoms with van der Waals surface area (Å²) in [5, 5.41) is 4.93. The fraction of sp³-hybridized carbons (Fsp3) is 0.500. The third-order valence-electron chi connectivity index (χ3n) is 3.37. The molecule has 0 atom stereocenters. The Bertz CT molecular complexity index is 574. The van der Waals surface area contributed by atoms with Crippen LogP contribution in [-0.2, 0) is 15.7 Å². The first-order chi connectivity index (χ1) is 11.2. The van der Waals surface area contributed by atoms with Crippen LogP contribution in [-0.4, -0.2) is 25.7 Å². The molecule has 0 aliphatic rings. The summed E-state index contributed by atoms with van der Waals surface area (Å²) in [5.41, 5.74) is -0.599. The monoisotopic (exact) mass is 346 g/mol. The lowest BCUT2D eigenvalue weighted by Crippen LogP contribution is -2.29. The van der Waals surface area contributed by atoms with Crippen molar-refractivity contribution >= 4 is 17.7 Å². The van der Waals surface area contributed by atoms with Gasteiger partial charge in [-0.3, -0.25) is 4.79 Å². The summed E-state index contributed by atoms with van der Waals surface area (Å²) in [6.45, 7) is 1.73. The van der Waals surface area contributed by atoms with E-state index in [1.54, 1.807) is 0 Å². The molecule has 0 fully saturated rings. The number of esters is 1. The molecule has 1 aromatic carbocycles. The smallest absolute Gasteiger partial charge is 0.416 e. The molecule has 0 spiro atoms. The number of carbonyl (C=O) groups excluding carboxylic acids is 2. The van der Waals surface area contributed by atoms with Gasteiger partial charge in [0, 0.05) is 18.7 Å². The topological polar surface area (TPSA) is 67.4 Å². The normalized spacial score (nSPS) is 11.0. The number of unbranched alkanes of at least 4 members (excludes halogenated alkanes) is 2. The lowest BCUT2D eigenvalue weighted by molar-refractivity contribution is -0.141. The van der Waals surface area contributed by atoms with Crippen LogP contribution >= 0.6 is 0 Å². The van der Waals surface area contributed by atoms with E-state index in [0.717, 1.165) is 12.5 Å². The van der Waals surface area contributed by atoms with Crippen molar-refractivity contribution in [2.45, 2.75) is 38.8 Å². The van der Waals surface area contributed by atoms with Gasteiger partial charge in [0.15, 0.2) is 0 Å². The van der Waals surface area contributed by atoms with Crippen molar-refractivity contribution in [2.75, 3.05) is 19.0 Å². The molecule has 0 saturated heterocycles. The average molecular weight is 346 g/mol. The Hall–Kier alpha value is -2.25. The van der Waals surface area contributed by atoms with Crippen molar-refractivity contribution in [3.05, 3.63) is 29.3 Å². The maximum absolute atomic E-state index is 12.8. The van der Waals surface area contributed by atoms with Crippen molar-refractivity contribution in [2.24, 2.45) is 0 Å². The molecule has 0 saturated carbocycles. The van der Waals surface area contributed by atoms with Crippen molar-refractivity contribution in [3.8, 4) is 0 Å². The van der Waals surface area contributed by atoms with E-state index in [2.05, 4.69) is 15.4 Å². The first-order valence-electron chi connectivity index (χ1n) is 7.53. The van der Waals surface area contributed by atoms with Crippen LogP contribution in [0.4, 0.5) is 23.7 Å². The molecule has 0 radical (unpaired) electrons. The summed E-state index contributed by atoms with van der Waals surface area (Å²) in [5.74, 6) is -0.277. The quantitative estimate of drug-likeness (QED) is 0.582. The number of hydrogen-bond donors (Lipinski definition) is 2. The van der Waals surface area contributed by atoms with Gasteiger partial charge in [0.2, 0.25) is 0 Å². The summed E-state index contributed by atoms with van der Waals surface area (Å²) < 4.78 is 42.9. The molecule has 0 bridgehead atoms. The highest BCUT2D eigenvalue weighted by molar-refractivity contribution is 5.89. The van der Waals surface area contributed by atoms with Crippen LogP contribution in [0.25, 0.3) is 0 Å². The predicted octanol–water partition coefficient (Wildman–Crippen LogP) is 3.87. The third-order valence-corrected chi connectivity index (χ3v) is 3.37. The zero-order valence-corrected chi connectivity index (χ0v) is 13.6. The van der Waals surface area contributed by atoms with Gasteiger partial charge in [-0.1, -0.05) is 12.5 Å². The van der Waals surface area contributed by atoms with Gasteiger partial charge in [0.1, 0.15) is 0 Å². The molecular weight excluding hydrogens is 325 g/mol. The number of halogens is 3. The molecule has 2 N–H and O–H groups in total. The fourth-order valence-corrected chi connectivity index (χ4v) is 2.06. The highest BCUT2D eigenvalue weighted by atomic mass is 19.4. The van der Waals surface area contributed by atoms with Crippen molar-refractivity contribution in [3.63, 3.8) is 0 Å². The lowest BCUT2D eigenvalue weighted by Gasteiger charge is -2.13. The van der Waals surface area contributed by atoms with Crippen molar-refractivity contribution in [1.29, 1.82) is 0 Å². The number of alkyl halides is 3. The number of benzene rings is 1. The van der Waals surface area contributed by atoms with Crippen LogP contribution < -0.4 is 10.6 Å². The zero-order valence-electron chi connectivity index (χ0n) is 13.6. The molecule has 0 unspecified atom stereocenters. The van der Waals surface area contributed by atoms with Gasteiger partial charge >= 0.3 is 18.2 Å². The number of aryl methyl sites for hydroxylation is 1. The van der Waals surface area contributed by atoms with Gasteiger partial charge in [-0.25, -0.2) is 4.79 Å². The first kappa shape index (κ1) is 19.8. The molecule has 24 heavy (non-hydrogen) atoms. The number of anilines is 1. The maximum atomic E-state index is 12.8. The number of urea groups is 1. The Morgan fingerprint density at radius 2 is 1.88 bits per heavy atom. The molecule has 8 heteroatoms. The number of carbonyl (C=O) groups is 2. The van der Waals surface area contributed by atoms with E-state index in [4.69, 9.17) is 0 Å². The number of rotatable bonds is 7. The summed E-state index contributed by atoms with van der Waals surface area (Å²) in [7, 11) is 1.32. The molecule has 0 aliphatic heterocycles. The summed E-state index contributed by atoms with van der Waals surface area (Å²) in [6.07, 6.45) is -2.09. The Morgan fingerprint density at radius 1 is 1.17 bits per heavy atom. The second kappa shape index (κ2) is 9.14. The minimum atomic E-state index is -4.46. The molecule has 1 aromatic rings. The number of hydrogen-bond acceptors (Lipinski definition) is 3. The standard InChI is InChI=1S/C16H21F3N2O3/c1-11-7-8-12(10-13(11)16(17,18)19)21-15(23)20-9-5-3-4-6-14(22)24-2/h7-8,10H,3-6,9H2,1-2H3,(H2,20,21,23). The SMILES string of the molecule is COC(=O)CCCCCNC(=O)Nc1ccc(C)c(C(F)(F)F)c1. The number of amides is 2. The van der Waals surface area contributed by atoms with Gasteiger partial charge < -0.3 is 15.4 Å². The number of ether oxygens (including phenoxy) is 1. The van der Waals surface area contributed by atoms with Crippen LogP contribution in [0.15, 0.2) is 18.2 Å². The average Bonchev–Trinajstić information content (AvgIpc) is 2.51. The van der Waals surface area contributed by atoms with Gasteiger partial charge in [-0.2, -0.15) is 13.2 Å². The van der Waals surface area contributed by atoms with Gasteiger partial charge in [-0.05, 0) is 37.5 Å². The molecule has 5 nitrogen and oxygen atoms in total. The Labute approximate surface area is 138 Å². The van der Waals surface area contributed by atoms with Crippen LogP contribution in [0.5, 0.6) is 0 Å². The van der Waals surface area contributed by atoms with E-state index < -0.39 is 17.8 Å². The van der Waals surface area contributed by atoms with E-state index in [1.165, 1.54) is 26.2 Å². The number of nitrogens with one attached hydrogen (secondary N) is 2. The highest BCUT2D eigenvalue weighted by Gasteiger charge is 2.32. The van der Waals surface area contributed by atoms with Crippen LogP contribution in [0.2, 0.25) is 0 Å². The largest absolute Gasteiger partial charge is 0.469 e. The summed E-state index contributed by atoms with van der Waals surface area (Å²) >= 11 is 0. The second-order valence-electron chi connectivity index (χ2n) is 5.30. The molecule has 0 heterocycles. The van der Waals surface area contributed by atoms with Crippen LogP contribution in [0, 0.1) is 6.92 Å². The van der Waals surface area contributed by atoms with E-state index in [-0.39, 0.29) is 17.2 Å². The van der Waals surface area contributed by atoms with Crippen LogP contribution in [0.1, 0.15) is 36.8 Å². The van der Waals surface area contributed by atoms with Gasteiger partial charge in [0.25, 0.3) is 0 Å². The Morgan fingerprint density at radius 3 is 2.50 bits per heavy atom. The third kappa shape index (κ3) is 6.89. The fourth-order valence-electron chi connectivity index (χ4n) is 2.06. The van der Waals surface area contributed by atoms with Crippen molar-refractivity contribution < 1.29 is 27.5 Å². The molecule has 1 rings (SSSR count). The second-order valence-corrected chi connectivity index (χ2v) is 5.30. The van der Waals surface area contributed by atoms with E-state index in [9.17, 15) is 22.8 Å². The zero-order chi connectivity index (χ0) is 18.2. The van der Waals surface area contributed by atoms with Gasteiger partial charge in [0.05, 0.1) is 12.7 Å². The summed E-state index contributed by atoms with van der Waals surface area (Å²) in [4.78, 5) is 22.6. The Kier molecular flexibility index (Phi) is 7.54. The molecular formula is C16H21F3N2O3. The Balaban J connectivity index is 2.37. The first-order valence-corrected chi connectivity index (χ1v) is 7.53. The molecule has 134 valence electrons. The van der Waals surface area contributed by atoms with E-state index in [0.29, 0.717) is 25.8 Å².